The van der Waals surface area contributed by atoms with Crippen LogP contribution < -0.4 is 0 Å². The average molecular weight is 756 g/mol. The van der Waals surface area contributed by atoms with Crippen LogP contribution in [0.2, 0.25) is 0 Å². The molecular weight excluding hydrogens is 712 g/mol. The van der Waals surface area contributed by atoms with E-state index < -0.39 is 0 Å². The molecule has 0 amide bonds. The van der Waals surface area contributed by atoms with Gasteiger partial charge in [-0.15, -0.1) is 0 Å². The molecule has 5 heterocycles. The van der Waals surface area contributed by atoms with Crippen LogP contribution in [0, 0.1) is 10.8 Å². The topological polar surface area (TPSA) is 78.7 Å². The van der Waals surface area contributed by atoms with E-state index in [9.17, 15) is 0 Å². The summed E-state index contributed by atoms with van der Waals surface area (Å²) in [4.78, 5) is 20.1. The van der Waals surface area contributed by atoms with Crippen molar-refractivity contribution < 1.29 is 21.1 Å². The number of nitrogens with zero attached hydrogens (tertiary/aromatic N) is 6. The molecule has 43 heavy (non-hydrogen) atoms. The first-order valence-corrected chi connectivity index (χ1v) is 14.8. The average Bonchev–Trinajstić information content (AvgIpc) is 2.85. The van der Waals surface area contributed by atoms with Crippen molar-refractivity contribution >= 4 is 34.7 Å². The maximum atomic E-state index is 5.04. The predicted octanol–water partition coefficient (Wildman–Crippen LogP) is 10.2. The van der Waals surface area contributed by atoms with Crippen LogP contribution >= 0.6 is 0 Å². The van der Waals surface area contributed by atoms with E-state index in [-0.39, 0.29) is 42.7 Å². The number of rotatable bonds is 0. The fourth-order valence-corrected chi connectivity index (χ4v) is 4.78. The van der Waals surface area contributed by atoms with Crippen LogP contribution in [0.25, 0.3) is 22.0 Å². The number of aromatic nitrogens is 2. The van der Waals surface area contributed by atoms with E-state index in [2.05, 4.69) is 132 Å². The van der Waals surface area contributed by atoms with Crippen molar-refractivity contribution in [1.29, 1.82) is 0 Å². The Morgan fingerprint density at radius 1 is 0.465 bits per heavy atom. The van der Waals surface area contributed by atoms with Crippen LogP contribution in [0.1, 0.15) is 106 Å². The van der Waals surface area contributed by atoms with Gasteiger partial charge in [0.25, 0.3) is 0 Å². The van der Waals surface area contributed by atoms with Crippen molar-refractivity contribution in [3.63, 3.8) is 0 Å². The maximum Gasteiger partial charge on any atom is 2.00 e. The molecule has 0 aliphatic carbocycles. The van der Waals surface area contributed by atoms with Gasteiger partial charge in [-0.2, -0.15) is 0 Å². The standard InChI is InChI=1S/C36H44N6.Pt/c1-33(2,3)21-13-25-26-14-22(34(4,5)6)19-31(38-26)42-32-20-24(36(10,11)12)16-28(40-32)27-15-23(35(7,8)9)18-30(39-27)41-29(17-21)37-25;/h13-20H,1-12H3;/q-2;+2. The van der Waals surface area contributed by atoms with Gasteiger partial charge in [-0.3, -0.25) is 9.97 Å². The fourth-order valence-electron chi connectivity index (χ4n) is 4.78. The SMILES string of the molecule is CC(C)(C)C1=CC2=Nc3cc(C(C)(C)C)cc(n3)C3=CC(C(C)(C)C)=CC(=Nc4cc(C(C)(C)C)cc(n4)C(=C1)[N-]2)[N-]3.[Pt+2]. The van der Waals surface area contributed by atoms with Crippen molar-refractivity contribution in [2.45, 2.75) is 93.9 Å². The fraction of sp³-hybridized carbons (Fsp3) is 0.444. The summed E-state index contributed by atoms with van der Waals surface area (Å²) in [5.41, 5.74) is 7.16. The third kappa shape index (κ3) is 7.34. The van der Waals surface area contributed by atoms with Crippen molar-refractivity contribution in [2.24, 2.45) is 20.8 Å². The van der Waals surface area contributed by atoms with E-state index in [1.54, 1.807) is 0 Å². The Labute approximate surface area is 272 Å². The number of pyridine rings is 2. The van der Waals surface area contributed by atoms with Gasteiger partial charge in [0.15, 0.2) is 0 Å². The molecule has 2 aromatic heterocycles. The molecule has 6 nitrogen and oxygen atoms in total. The summed E-state index contributed by atoms with van der Waals surface area (Å²) < 4.78 is 0. The third-order valence-corrected chi connectivity index (χ3v) is 7.69. The number of hydrogen-bond acceptors (Lipinski definition) is 4. The first kappa shape index (κ1) is 32.8. The molecule has 0 saturated carbocycles. The smallest absolute Gasteiger partial charge is 0.434 e. The van der Waals surface area contributed by atoms with Gasteiger partial charge in [-0.05, 0) is 79.6 Å². The number of allylic oxidation sites excluding steroid dienone is 4. The van der Waals surface area contributed by atoms with E-state index in [1.807, 2.05) is 0 Å². The minimum Gasteiger partial charge on any atom is -0.434 e. The molecule has 5 rings (SSSR count). The summed E-state index contributed by atoms with van der Waals surface area (Å²) in [7, 11) is 0. The zero-order valence-electron chi connectivity index (χ0n) is 27.6. The Kier molecular flexibility index (Phi) is 8.47. The van der Waals surface area contributed by atoms with E-state index in [0.717, 1.165) is 45.1 Å². The van der Waals surface area contributed by atoms with E-state index in [4.69, 9.17) is 30.6 Å². The maximum absolute atomic E-state index is 5.04. The van der Waals surface area contributed by atoms with Gasteiger partial charge in [0.05, 0.1) is 23.0 Å². The van der Waals surface area contributed by atoms with Crippen molar-refractivity contribution in [1.82, 2.24) is 9.97 Å². The minimum absolute atomic E-state index is 0. The summed E-state index contributed by atoms with van der Waals surface area (Å²) in [5.74, 6) is 2.44. The molecule has 3 aliphatic heterocycles. The van der Waals surface area contributed by atoms with Crippen molar-refractivity contribution in [3.05, 3.63) is 92.9 Å². The molecule has 0 radical (unpaired) electrons. The van der Waals surface area contributed by atoms with Gasteiger partial charge in [0, 0.05) is 0 Å². The van der Waals surface area contributed by atoms with Gasteiger partial charge in [0.1, 0.15) is 0 Å². The van der Waals surface area contributed by atoms with Crippen LogP contribution in [-0.4, -0.2) is 21.6 Å². The Balaban J connectivity index is 0.00000423. The number of hydrogen-bond donors (Lipinski definition) is 0. The van der Waals surface area contributed by atoms with E-state index >= 15 is 0 Å². The molecule has 228 valence electrons. The Hall–Kier alpha value is -3.11. The quantitative estimate of drug-likeness (QED) is 0.268. The van der Waals surface area contributed by atoms with E-state index in [0.29, 0.717) is 23.3 Å². The summed E-state index contributed by atoms with van der Waals surface area (Å²) in [6.07, 6.45) is 8.39. The van der Waals surface area contributed by atoms with Gasteiger partial charge in [-0.1, -0.05) is 119 Å². The molecule has 7 heteroatoms. The molecule has 2 aromatic rings. The molecule has 8 bridgehead atoms. The van der Waals surface area contributed by atoms with Crippen LogP contribution in [0.15, 0.2) is 69.7 Å². The van der Waals surface area contributed by atoms with Gasteiger partial charge in [-0.25, -0.2) is 0 Å². The molecular formula is C36H44N6Pt. The summed E-state index contributed by atoms with van der Waals surface area (Å²) in [6, 6.07) is 8.39. The normalized spacial score (nSPS) is 16.9. The largest absolute Gasteiger partial charge is 2.00 e. The van der Waals surface area contributed by atoms with Crippen LogP contribution in [0.5, 0.6) is 0 Å². The third-order valence-electron chi connectivity index (χ3n) is 7.69. The predicted molar refractivity (Wildman–Crippen MR) is 178 cm³/mol. The van der Waals surface area contributed by atoms with Crippen molar-refractivity contribution in [2.75, 3.05) is 0 Å². The number of fused-ring (bicyclic) bond motifs is 10. The molecule has 0 aromatic carbocycles. The molecule has 0 unspecified atom stereocenters. The van der Waals surface area contributed by atoms with Crippen molar-refractivity contribution in [3.8, 4) is 0 Å². The molecule has 0 saturated heterocycles. The summed E-state index contributed by atoms with van der Waals surface area (Å²) in [5, 5.41) is 10.1. The molecule has 0 fully saturated rings. The van der Waals surface area contributed by atoms with E-state index in [1.165, 1.54) is 0 Å². The second-order valence-electron chi connectivity index (χ2n) is 15.6. The summed E-state index contributed by atoms with van der Waals surface area (Å²) in [6.45, 7) is 26.4. The molecule has 3 aliphatic rings. The summed E-state index contributed by atoms with van der Waals surface area (Å²) >= 11 is 0. The Bertz CT molecular complexity index is 1510. The zero-order valence-corrected chi connectivity index (χ0v) is 29.9. The number of amidine groups is 2. The zero-order chi connectivity index (χ0) is 30.8. The molecule has 0 N–H and O–H groups in total. The number of aliphatic imine (C=N–C) groups is 2. The molecule has 0 spiro atoms. The minimum atomic E-state index is -0.112. The first-order valence-electron chi connectivity index (χ1n) is 14.8. The van der Waals surface area contributed by atoms with Crippen LogP contribution in [0.4, 0.5) is 11.6 Å². The monoisotopic (exact) mass is 755 g/mol. The van der Waals surface area contributed by atoms with Crippen LogP contribution in [-0.2, 0) is 31.9 Å². The first-order chi connectivity index (χ1) is 19.3. The second kappa shape index (κ2) is 11.1. The second-order valence-corrected chi connectivity index (χ2v) is 15.6. The van der Waals surface area contributed by atoms with Gasteiger partial charge >= 0.3 is 21.1 Å². The van der Waals surface area contributed by atoms with Gasteiger partial charge < -0.3 is 20.6 Å². The van der Waals surface area contributed by atoms with Gasteiger partial charge in [0.2, 0.25) is 0 Å². The molecule has 0 atom stereocenters. The van der Waals surface area contributed by atoms with Crippen LogP contribution in [0.3, 0.4) is 0 Å². The Morgan fingerprint density at radius 2 is 0.814 bits per heavy atom. The Morgan fingerprint density at radius 3 is 1.12 bits per heavy atom.